The maximum absolute atomic E-state index is 12.3. The number of ether oxygens (including phenoxy) is 4. The minimum Gasteiger partial charge on any atom is -0.497 e. The van der Waals surface area contributed by atoms with E-state index in [2.05, 4.69) is 5.32 Å². The summed E-state index contributed by atoms with van der Waals surface area (Å²) in [6, 6.07) is 8.91. The first-order valence-corrected chi connectivity index (χ1v) is 7.96. The van der Waals surface area contributed by atoms with Crippen LogP contribution in [0.4, 0.5) is 5.69 Å². The van der Waals surface area contributed by atoms with E-state index in [1.54, 1.807) is 58.8 Å². The molecule has 2 aromatic rings. The first-order valence-electron chi connectivity index (χ1n) is 7.96. The van der Waals surface area contributed by atoms with Crippen molar-refractivity contribution in [3.63, 3.8) is 0 Å². The summed E-state index contributed by atoms with van der Waals surface area (Å²) in [6.07, 6.45) is 3.11. The van der Waals surface area contributed by atoms with Gasteiger partial charge in [0.2, 0.25) is 5.91 Å². The summed E-state index contributed by atoms with van der Waals surface area (Å²) < 4.78 is 21.0. The van der Waals surface area contributed by atoms with Gasteiger partial charge in [-0.3, -0.25) is 4.79 Å². The molecule has 0 aliphatic heterocycles. The van der Waals surface area contributed by atoms with Crippen molar-refractivity contribution in [2.75, 3.05) is 33.8 Å². The second kappa shape index (κ2) is 8.80. The summed E-state index contributed by atoms with van der Waals surface area (Å²) in [5.74, 6) is 2.22. The van der Waals surface area contributed by atoms with E-state index in [-0.39, 0.29) is 5.91 Å². The second-order valence-corrected chi connectivity index (χ2v) is 5.45. The van der Waals surface area contributed by atoms with Crippen LogP contribution in [-0.2, 0) is 4.79 Å². The van der Waals surface area contributed by atoms with Gasteiger partial charge in [0.1, 0.15) is 11.5 Å². The highest BCUT2D eigenvalue weighted by Gasteiger charge is 2.10. The first-order chi connectivity index (χ1) is 12.5. The Hall–Kier alpha value is -3.15. The molecule has 0 fully saturated rings. The molecule has 0 spiro atoms. The van der Waals surface area contributed by atoms with Crippen molar-refractivity contribution in [1.82, 2.24) is 0 Å². The fourth-order valence-electron chi connectivity index (χ4n) is 2.42. The van der Waals surface area contributed by atoms with Crippen molar-refractivity contribution in [3.05, 3.63) is 47.5 Å². The molecular weight excluding hydrogens is 334 g/mol. The van der Waals surface area contributed by atoms with Crippen molar-refractivity contribution >= 4 is 17.7 Å². The predicted molar refractivity (Wildman–Crippen MR) is 101 cm³/mol. The summed E-state index contributed by atoms with van der Waals surface area (Å²) in [7, 11) is 6.28. The highest BCUT2D eigenvalue weighted by atomic mass is 16.5. The lowest BCUT2D eigenvalue weighted by Crippen LogP contribution is -2.09. The van der Waals surface area contributed by atoms with Crippen LogP contribution in [0.5, 0.6) is 23.0 Å². The largest absolute Gasteiger partial charge is 0.497 e. The van der Waals surface area contributed by atoms with E-state index in [1.165, 1.54) is 6.08 Å². The summed E-state index contributed by atoms with van der Waals surface area (Å²) in [6.45, 7) is 1.88. The molecule has 0 aliphatic rings. The molecule has 2 rings (SSSR count). The SMILES string of the molecule is COc1ccc(OC)c(/C=C/C(=O)Nc2cc(OC)c(OC)cc2C)c1. The molecule has 2 aromatic carbocycles. The van der Waals surface area contributed by atoms with Crippen molar-refractivity contribution in [3.8, 4) is 23.0 Å². The third-order valence-corrected chi connectivity index (χ3v) is 3.84. The summed E-state index contributed by atoms with van der Waals surface area (Å²) in [5, 5.41) is 2.84. The highest BCUT2D eigenvalue weighted by Crippen LogP contribution is 2.33. The molecule has 26 heavy (non-hydrogen) atoms. The number of aryl methyl sites for hydroxylation is 1. The van der Waals surface area contributed by atoms with E-state index < -0.39 is 0 Å². The van der Waals surface area contributed by atoms with Crippen LogP contribution in [0.2, 0.25) is 0 Å². The van der Waals surface area contributed by atoms with Crippen molar-refractivity contribution in [2.24, 2.45) is 0 Å². The van der Waals surface area contributed by atoms with Crippen molar-refractivity contribution < 1.29 is 23.7 Å². The van der Waals surface area contributed by atoms with E-state index in [9.17, 15) is 4.79 Å². The number of amides is 1. The number of anilines is 1. The zero-order chi connectivity index (χ0) is 19.1. The van der Waals surface area contributed by atoms with Crippen LogP contribution >= 0.6 is 0 Å². The van der Waals surface area contributed by atoms with Gasteiger partial charge in [0, 0.05) is 23.4 Å². The zero-order valence-corrected chi connectivity index (χ0v) is 15.6. The Morgan fingerprint density at radius 2 is 1.54 bits per heavy atom. The van der Waals surface area contributed by atoms with Crippen LogP contribution in [0, 0.1) is 6.92 Å². The Morgan fingerprint density at radius 1 is 0.885 bits per heavy atom. The summed E-state index contributed by atoms with van der Waals surface area (Å²) in [5.41, 5.74) is 2.25. The molecule has 0 aromatic heterocycles. The first kappa shape index (κ1) is 19.2. The fourth-order valence-corrected chi connectivity index (χ4v) is 2.42. The van der Waals surface area contributed by atoms with Gasteiger partial charge >= 0.3 is 0 Å². The normalized spacial score (nSPS) is 10.5. The molecule has 0 heterocycles. The van der Waals surface area contributed by atoms with E-state index in [4.69, 9.17) is 18.9 Å². The standard InChI is InChI=1S/C20H23NO5/c1-13-10-18(25-4)19(26-5)12-16(13)21-20(22)9-6-14-11-15(23-2)7-8-17(14)24-3/h6-12H,1-5H3,(H,21,22)/b9-6+. The van der Waals surface area contributed by atoms with Gasteiger partial charge in [0.15, 0.2) is 11.5 Å². The lowest BCUT2D eigenvalue weighted by Gasteiger charge is -2.13. The molecule has 1 amide bonds. The summed E-state index contributed by atoms with van der Waals surface area (Å²) >= 11 is 0. The van der Waals surface area contributed by atoms with Gasteiger partial charge in [0.25, 0.3) is 0 Å². The van der Waals surface area contributed by atoms with Crippen LogP contribution in [-0.4, -0.2) is 34.3 Å². The maximum atomic E-state index is 12.3. The Bertz CT molecular complexity index is 814. The van der Waals surface area contributed by atoms with Crippen LogP contribution < -0.4 is 24.3 Å². The van der Waals surface area contributed by atoms with Crippen LogP contribution in [0.1, 0.15) is 11.1 Å². The molecule has 6 heteroatoms. The van der Waals surface area contributed by atoms with Gasteiger partial charge < -0.3 is 24.3 Å². The Kier molecular flexibility index (Phi) is 6.49. The lowest BCUT2D eigenvalue weighted by atomic mass is 10.1. The van der Waals surface area contributed by atoms with Gasteiger partial charge in [-0.1, -0.05) is 0 Å². The lowest BCUT2D eigenvalue weighted by molar-refractivity contribution is -0.111. The smallest absolute Gasteiger partial charge is 0.248 e. The Balaban J connectivity index is 2.20. The number of rotatable bonds is 7. The second-order valence-electron chi connectivity index (χ2n) is 5.45. The van der Waals surface area contributed by atoms with E-state index in [1.807, 2.05) is 13.0 Å². The molecular formula is C20H23NO5. The van der Waals surface area contributed by atoms with E-state index >= 15 is 0 Å². The number of hydrogen-bond donors (Lipinski definition) is 1. The minimum absolute atomic E-state index is 0.273. The monoisotopic (exact) mass is 357 g/mol. The van der Waals surface area contributed by atoms with E-state index in [0.717, 1.165) is 11.1 Å². The van der Waals surface area contributed by atoms with Crippen molar-refractivity contribution in [1.29, 1.82) is 0 Å². The molecule has 0 bridgehead atoms. The maximum Gasteiger partial charge on any atom is 0.248 e. The van der Waals surface area contributed by atoms with Gasteiger partial charge in [-0.05, 0) is 42.8 Å². The van der Waals surface area contributed by atoms with E-state index in [0.29, 0.717) is 28.7 Å². The van der Waals surface area contributed by atoms with Crippen molar-refractivity contribution in [2.45, 2.75) is 6.92 Å². The third kappa shape index (κ3) is 4.47. The molecule has 1 N–H and O–H groups in total. The quantitative estimate of drug-likeness (QED) is 0.766. The number of carbonyl (C=O) groups excluding carboxylic acids is 1. The Morgan fingerprint density at radius 3 is 2.15 bits per heavy atom. The van der Waals surface area contributed by atoms with Gasteiger partial charge in [-0.2, -0.15) is 0 Å². The average Bonchev–Trinajstić information content (AvgIpc) is 2.67. The zero-order valence-electron chi connectivity index (χ0n) is 15.6. The van der Waals surface area contributed by atoms with Gasteiger partial charge in [-0.25, -0.2) is 0 Å². The molecule has 0 unspecified atom stereocenters. The van der Waals surface area contributed by atoms with Crippen LogP contribution in [0.15, 0.2) is 36.4 Å². The third-order valence-electron chi connectivity index (χ3n) is 3.84. The molecule has 6 nitrogen and oxygen atoms in total. The average molecular weight is 357 g/mol. The topological polar surface area (TPSA) is 66.0 Å². The number of benzene rings is 2. The minimum atomic E-state index is -0.273. The molecule has 138 valence electrons. The molecule has 0 saturated heterocycles. The molecule has 0 atom stereocenters. The van der Waals surface area contributed by atoms with Crippen LogP contribution in [0.3, 0.4) is 0 Å². The number of carbonyl (C=O) groups is 1. The number of methoxy groups -OCH3 is 4. The molecule has 0 radical (unpaired) electrons. The predicted octanol–water partition coefficient (Wildman–Crippen LogP) is 3.68. The van der Waals surface area contributed by atoms with Gasteiger partial charge in [-0.15, -0.1) is 0 Å². The molecule has 0 saturated carbocycles. The van der Waals surface area contributed by atoms with Crippen LogP contribution in [0.25, 0.3) is 6.08 Å². The Labute approximate surface area is 153 Å². The summed E-state index contributed by atoms with van der Waals surface area (Å²) in [4.78, 5) is 12.3. The number of hydrogen-bond acceptors (Lipinski definition) is 5. The highest BCUT2D eigenvalue weighted by molar-refractivity contribution is 6.02. The fraction of sp³-hybridized carbons (Fsp3) is 0.250. The number of nitrogens with one attached hydrogen (secondary N) is 1. The van der Waals surface area contributed by atoms with Gasteiger partial charge in [0.05, 0.1) is 28.4 Å². The molecule has 0 aliphatic carbocycles.